The van der Waals surface area contributed by atoms with Crippen molar-refractivity contribution in [3.8, 4) is 0 Å². The summed E-state index contributed by atoms with van der Waals surface area (Å²) in [6.07, 6.45) is 6.77. The van der Waals surface area contributed by atoms with Gasteiger partial charge in [-0.3, -0.25) is 4.98 Å². The Labute approximate surface area is 102 Å². The molecule has 2 heteroatoms. The van der Waals surface area contributed by atoms with Crippen LogP contribution < -0.4 is 5.73 Å². The van der Waals surface area contributed by atoms with E-state index < -0.39 is 0 Å². The topological polar surface area (TPSA) is 38.9 Å². The fraction of sp³-hybridized carbons (Fsp3) is 0.400. The van der Waals surface area contributed by atoms with Crippen molar-refractivity contribution in [3.63, 3.8) is 0 Å². The first-order valence-electron chi connectivity index (χ1n) is 6.43. The average Bonchev–Trinajstić information content (AvgIpc) is 2.76. The van der Waals surface area contributed by atoms with E-state index in [9.17, 15) is 0 Å². The molecule has 2 atom stereocenters. The minimum Gasteiger partial charge on any atom is -0.327 e. The van der Waals surface area contributed by atoms with Gasteiger partial charge in [-0.25, -0.2) is 0 Å². The van der Waals surface area contributed by atoms with Crippen LogP contribution in [0.5, 0.6) is 0 Å². The predicted molar refractivity (Wildman–Crippen MR) is 70.8 cm³/mol. The number of hydrogen-bond acceptors (Lipinski definition) is 2. The van der Waals surface area contributed by atoms with Gasteiger partial charge in [-0.1, -0.05) is 24.6 Å². The smallest absolute Gasteiger partial charge is 0.0704 e. The van der Waals surface area contributed by atoms with Crippen LogP contribution in [0.25, 0.3) is 10.9 Å². The summed E-state index contributed by atoms with van der Waals surface area (Å²) < 4.78 is 0. The Hall–Kier alpha value is -1.41. The first kappa shape index (κ1) is 10.7. The van der Waals surface area contributed by atoms with E-state index in [1.54, 1.807) is 0 Å². The lowest BCUT2D eigenvalue weighted by Gasteiger charge is -2.16. The third-order valence-corrected chi connectivity index (χ3v) is 3.94. The molecule has 2 aromatic rings. The number of nitrogens with two attached hydrogens (primary N) is 1. The van der Waals surface area contributed by atoms with Crippen LogP contribution in [0.15, 0.2) is 36.5 Å². The molecule has 0 amide bonds. The summed E-state index contributed by atoms with van der Waals surface area (Å²) >= 11 is 0. The van der Waals surface area contributed by atoms with Crippen molar-refractivity contribution in [1.82, 2.24) is 4.98 Å². The molecule has 1 fully saturated rings. The molecule has 2 nitrogen and oxygen atoms in total. The van der Waals surface area contributed by atoms with Gasteiger partial charge in [0.2, 0.25) is 0 Å². The van der Waals surface area contributed by atoms with Crippen LogP contribution in [-0.4, -0.2) is 11.0 Å². The van der Waals surface area contributed by atoms with Gasteiger partial charge in [-0.05, 0) is 42.9 Å². The second-order valence-electron chi connectivity index (χ2n) is 5.05. The van der Waals surface area contributed by atoms with Crippen molar-refractivity contribution in [2.45, 2.75) is 31.7 Å². The summed E-state index contributed by atoms with van der Waals surface area (Å²) in [7, 11) is 0. The van der Waals surface area contributed by atoms with Gasteiger partial charge in [0, 0.05) is 17.6 Å². The highest BCUT2D eigenvalue weighted by atomic mass is 14.7. The molecule has 1 heterocycles. The first-order valence-corrected chi connectivity index (χ1v) is 6.43. The van der Waals surface area contributed by atoms with E-state index in [2.05, 4.69) is 29.2 Å². The largest absolute Gasteiger partial charge is 0.327 e. The molecular formula is C15H18N2. The summed E-state index contributed by atoms with van der Waals surface area (Å²) in [5.41, 5.74) is 8.65. The highest BCUT2D eigenvalue weighted by Gasteiger charge is 2.24. The summed E-state index contributed by atoms with van der Waals surface area (Å²) in [5.74, 6) is 0.654. The maximum Gasteiger partial charge on any atom is 0.0704 e. The van der Waals surface area contributed by atoms with E-state index >= 15 is 0 Å². The Balaban J connectivity index is 1.94. The molecule has 1 aromatic carbocycles. The van der Waals surface area contributed by atoms with Crippen molar-refractivity contribution in [1.29, 1.82) is 0 Å². The molecule has 1 aromatic heterocycles. The van der Waals surface area contributed by atoms with Crippen molar-refractivity contribution in [3.05, 3.63) is 42.1 Å². The van der Waals surface area contributed by atoms with Gasteiger partial charge in [0.25, 0.3) is 0 Å². The molecule has 0 spiro atoms. The van der Waals surface area contributed by atoms with Gasteiger partial charge >= 0.3 is 0 Å². The maximum absolute atomic E-state index is 6.16. The molecule has 0 aliphatic heterocycles. The summed E-state index contributed by atoms with van der Waals surface area (Å²) in [4.78, 5) is 4.40. The molecule has 1 aliphatic rings. The number of fused-ring (bicyclic) bond motifs is 1. The maximum atomic E-state index is 6.16. The quantitative estimate of drug-likeness (QED) is 0.855. The van der Waals surface area contributed by atoms with Crippen LogP contribution in [0.4, 0.5) is 0 Å². The first-order chi connectivity index (χ1) is 8.34. The average molecular weight is 226 g/mol. The van der Waals surface area contributed by atoms with Crippen LogP contribution in [0.3, 0.4) is 0 Å². The standard InChI is InChI=1S/C15H18N2/c16-14-6-3-4-12(14)10-11-8-9-17-15-7-2-1-5-13(11)15/h1-2,5,7-9,12,14H,3-4,6,10,16H2. The van der Waals surface area contributed by atoms with Crippen molar-refractivity contribution in [2.24, 2.45) is 11.7 Å². The zero-order chi connectivity index (χ0) is 11.7. The second kappa shape index (κ2) is 4.46. The second-order valence-corrected chi connectivity index (χ2v) is 5.05. The van der Waals surface area contributed by atoms with Gasteiger partial charge < -0.3 is 5.73 Å². The number of benzene rings is 1. The fourth-order valence-corrected chi connectivity index (χ4v) is 2.93. The lowest BCUT2D eigenvalue weighted by Crippen LogP contribution is -2.25. The Kier molecular flexibility index (Phi) is 2.81. The lowest BCUT2D eigenvalue weighted by molar-refractivity contribution is 0.480. The van der Waals surface area contributed by atoms with E-state index in [-0.39, 0.29) is 0 Å². The summed E-state index contributed by atoms with van der Waals surface area (Å²) in [5, 5.41) is 1.29. The van der Waals surface area contributed by atoms with Crippen molar-refractivity contribution >= 4 is 10.9 Å². The third kappa shape index (κ3) is 2.05. The zero-order valence-electron chi connectivity index (χ0n) is 9.97. The van der Waals surface area contributed by atoms with Gasteiger partial charge in [-0.15, -0.1) is 0 Å². The monoisotopic (exact) mass is 226 g/mol. The van der Waals surface area contributed by atoms with Gasteiger partial charge in [-0.2, -0.15) is 0 Å². The molecule has 0 saturated heterocycles. The number of nitrogens with zero attached hydrogens (tertiary/aromatic N) is 1. The van der Waals surface area contributed by atoms with Crippen molar-refractivity contribution < 1.29 is 0 Å². The Bertz CT molecular complexity index is 516. The third-order valence-electron chi connectivity index (χ3n) is 3.94. The van der Waals surface area contributed by atoms with Crippen LogP contribution >= 0.6 is 0 Å². The Morgan fingerprint density at radius 1 is 1.18 bits per heavy atom. The molecule has 1 aliphatic carbocycles. The fourth-order valence-electron chi connectivity index (χ4n) is 2.93. The normalized spacial score (nSPS) is 24.3. The van der Waals surface area contributed by atoms with Crippen LogP contribution in [0, 0.1) is 5.92 Å². The number of rotatable bonds is 2. The SMILES string of the molecule is NC1CCCC1Cc1ccnc2ccccc12. The van der Waals surface area contributed by atoms with E-state index in [1.807, 2.05) is 12.3 Å². The molecule has 17 heavy (non-hydrogen) atoms. The molecule has 1 saturated carbocycles. The highest BCUT2D eigenvalue weighted by Crippen LogP contribution is 2.29. The molecule has 2 N–H and O–H groups in total. The number of hydrogen-bond donors (Lipinski definition) is 1. The minimum atomic E-state index is 0.391. The minimum absolute atomic E-state index is 0.391. The Morgan fingerprint density at radius 2 is 2.06 bits per heavy atom. The zero-order valence-corrected chi connectivity index (χ0v) is 9.97. The van der Waals surface area contributed by atoms with E-state index in [0.29, 0.717) is 12.0 Å². The van der Waals surface area contributed by atoms with Gasteiger partial charge in [0.05, 0.1) is 5.52 Å². The lowest BCUT2D eigenvalue weighted by atomic mass is 9.93. The number of aromatic nitrogens is 1. The molecule has 0 radical (unpaired) electrons. The molecular weight excluding hydrogens is 208 g/mol. The molecule has 3 rings (SSSR count). The van der Waals surface area contributed by atoms with E-state index in [4.69, 9.17) is 5.73 Å². The number of para-hydroxylation sites is 1. The highest BCUT2D eigenvalue weighted by molar-refractivity contribution is 5.81. The van der Waals surface area contributed by atoms with E-state index in [1.165, 1.54) is 30.2 Å². The predicted octanol–water partition coefficient (Wildman–Crippen LogP) is 2.90. The van der Waals surface area contributed by atoms with E-state index in [0.717, 1.165) is 11.9 Å². The van der Waals surface area contributed by atoms with Crippen LogP contribution in [0.1, 0.15) is 24.8 Å². The van der Waals surface area contributed by atoms with Gasteiger partial charge in [0.1, 0.15) is 0 Å². The van der Waals surface area contributed by atoms with Gasteiger partial charge in [0.15, 0.2) is 0 Å². The Morgan fingerprint density at radius 3 is 2.88 bits per heavy atom. The molecule has 2 unspecified atom stereocenters. The molecule has 0 bridgehead atoms. The summed E-state index contributed by atoms with van der Waals surface area (Å²) in [6.45, 7) is 0. The molecule has 88 valence electrons. The summed E-state index contributed by atoms with van der Waals surface area (Å²) in [6, 6.07) is 10.9. The number of pyridine rings is 1. The van der Waals surface area contributed by atoms with Crippen molar-refractivity contribution in [2.75, 3.05) is 0 Å². The van der Waals surface area contributed by atoms with Crippen LogP contribution in [0.2, 0.25) is 0 Å². The van der Waals surface area contributed by atoms with Crippen LogP contribution in [-0.2, 0) is 6.42 Å².